The predicted molar refractivity (Wildman–Crippen MR) is 71.5 cm³/mol. The summed E-state index contributed by atoms with van der Waals surface area (Å²) in [4.78, 5) is 2.59. The summed E-state index contributed by atoms with van der Waals surface area (Å²) in [7, 11) is 0. The van der Waals surface area contributed by atoms with E-state index in [9.17, 15) is 0 Å². The average molecular weight is 226 g/mol. The van der Waals surface area contributed by atoms with Gasteiger partial charge < -0.3 is 10.6 Å². The van der Waals surface area contributed by atoms with E-state index < -0.39 is 0 Å². The molecule has 0 bridgehead atoms. The van der Waals surface area contributed by atoms with Crippen molar-refractivity contribution in [3.8, 4) is 0 Å². The lowest BCUT2D eigenvalue weighted by Gasteiger charge is -2.33. The van der Waals surface area contributed by atoms with Crippen molar-refractivity contribution >= 4 is 0 Å². The van der Waals surface area contributed by atoms with Gasteiger partial charge >= 0.3 is 0 Å². The number of rotatable bonds is 5. The first-order chi connectivity index (χ1) is 7.38. The second-order valence-electron chi connectivity index (χ2n) is 6.40. The van der Waals surface area contributed by atoms with Gasteiger partial charge in [0.25, 0.3) is 0 Å². The molecule has 2 unspecified atom stereocenters. The van der Waals surface area contributed by atoms with E-state index in [-0.39, 0.29) is 0 Å². The van der Waals surface area contributed by atoms with Crippen LogP contribution >= 0.6 is 0 Å². The quantitative estimate of drug-likeness (QED) is 0.781. The first kappa shape index (κ1) is 14.0. The highest BCUT2D eigenvalue weighted by atomic mass is 15.1. The third-order valence-corrected chi connectivity index (χ3v) is 4.28. The predicted octanol–water partition coefficient (Wildman–Crippen LogP) is 2.87. The van der Waals surface area contributed by atoms with Crippen molar-refractivity contribution in [3.05, 3.63) is 0 Å². The first-order valence-electron chi connectivity index (χ1n) is 6.88. The summed E-state index contributed by atoms with van der Waals surface area (Å²) in [5.41, 5.74) is 6.72. The Morgan fingerprint density at radius 1 is 1.38 bits per heavy atom. The van der Waals surface area contributed by atoms with Crippen LogP contribution in [0.25, 0.3) is 0 Å². The van der Waals surface area contributed by atoms with Crippen LogP contribution in [0.3, 0.4) is 0 Å². The van der Waals surface area contributed by atoms with E-state index in [0.29, 0.717) is 23.4 Å². The van der Waals surface area contributed by atoms with E-state index >= 15 is 0 Å². The molecule has 0 heterocycles. The summed E-state index contributed by atoms with van der Waals surface area (Å²) >= 11 is 0. The van der Waals surface area contributed by atoms with E-state index in [4.69, 9.17) is 5.73 Å². The molecule has 1 aliphatic carbocycles. The van der Waals surface area contributed by atoms with Crippen LogP contribution in [-0.2, 0) is 0 Å². The van der Waals surface area contributed by atoms with E-state index in [0.717, 1.165) is 0 Å². The lowest BCUT2D eigenvalue weighted by Crippen LogP contribution is -2.44. The molecule has 0 aromatic carbocycles. The number of nitrogens with two attached hydrogens (primary N) is 1. The summed E-state index contributed by atoms with van der Waals surface area (Å²) in [6.45, 7) is 13.9. The van der Waals surface area contributed by atoms with Gasteiger partial charge in [-0.05, 0) is 51.0 Å². The molecule has 16 heavy (non-hydrogen) atoms. The highest BCUT2D eigenvalue weighted by molar-refractivity contribution is 4.95. The summed E-state index contributed by atoms with van der Waals surface area (Å²) in [6.07, 6.45) is 3.83. The molecule has 0 aromatic heterocycles. The molecule has 2 nitrogen and oxygen atoms in total. The van der Waals surface area contributed by atoms with Crippen molar-refractivity contribution in [2.45, 2.75) is 66.0 Å². The molecule has 0 aliphatic heterocycles. The third kappa shape index (κ3) is 3.21. The lowest BCUT2D eigenvalue weighted by atomic mass is 9.85. The summed E-state index contributed by atoms with van der Waals surface area (Å²) < 4.78 is 0. The van der Waals surface area contributed by atoms with Crippen molar-refractivity contribution in [3.63, 3.8) is 0 Å². The van der Waals surface area contributed by atoms with E-state index in [1.165, 1.54) is 32.4 Å². The molecule has 1 fully saturated rings. The Morgan fingerprint density at radius 2 is 2.00 bits per heavy atom. The molecule has 0 amide bonds. The lowest BCUT2D eigenvalue weighted by molar-refractivity contribution is 0.170. The Balaban J connectivity index is 2.53. The maximum Gasteiger partial charge on any atom is 0.0131 e. The minimum Gasteiger partial charge on any atom is -0.327 e. The van der Waals surface area contributed by atoms with Crippen LogP contribution < -0.4 is 5.73 Å². The van der Waals surface area contributed by atoms with Crippen molar-refractivity contribution in [1.82, 2.24) is 4.90 Å². The summed E-state index contributed by atoms with van der Waals surface area (Å²) in [6, 6.07) is 1.03. The molecule has 1 aliphatic rings. The number of hydrogen-bond donors (Lipinski definition) is 1. The SMILES string of the molecule is CCCN(CC1CCC(C)(C)C1N)C(C)C. The van der Waals surface area contributed by atoms with Gasteiger partial charge in [-0.25, -0.2) is 0 Å². The van der Waals surface area contributed by atoms with Crippen LogP contribution in [0.2, 0.25) is 0 Å². The van der Waals surface area contributed by atoms with E-state index in [1.807, 2.05) is 0 Å². The monoisotopic (exact) mass is 226 g/mol. The standard InChI is InChI=1S/C14H30N2/c1-6-9-16(11(2)3)10-12-7-8-14(4,5)13(12)15/h11-13H,6-10,15H2,1-5H3. The van der Waals surface area contributed by atoms with Gasteiger partial charge in [0.05, 0.1) is 0 Å². The molecule has 96 valence electrons. The number of nitrogens with zero attached hydrogens (tertiary/aromatic N) is 1. The third-order valence-electron chi connectivity index (χ3n) is 4.28. The minimum absolute atomic E-state index is 0.347. The zero-order valence-electron chi connectivity index (χ0n) is 11.8. The fraction of sp³-hybridized carbons (Fsp3) is 1.00. The van der Waals surface area contributed by atoms with Crippen molar-refractivity contribution in [2.75, 3.05) is 13.1 Å². The van der Waals surface area contributed by atoms with Crippen molar-refractivity contribution < 1.29 is 0 Å². The molecule has 0 radical (unpaired) electrons. The van der Waals surface area contributed by atoms with Gasteiger partial charge in [-0.2, -0.15) is 0 Å². The Kier molecular flexibility index (Phi) is 4.81. The highest BCUT2D eigenvalue weighted by Gasteiger charge is 2.39. The normalized spacial score (nSPS) is 29.2. The van der Waals surface area contributed by atoms with Gasteiger partial charge in [0.1, 0.15) is 0 Å². The number of hydrogen-bond acceptors (Lipinski definition) is 2. The van der Waals surface area contributed by atoms with E-state index in [1.54, 1.807) is 0 Å². The maximum absolute atomic E-state index is 6.37. The van der Waals surface area contributed by atoms with Crippen LogP contribution in [-0.4, -0.2) is 30.1 Å². The maximum atomic E-state index is 6.37. The van der Waals surface area contributed by atoms with Crippen LogP contribution in [0.1, 0.15) is 53.9 Å². The van der Waals surface area contributed by atoms with Gasteiger partial charge in [0.2, 0.25) is 0 Å². The minimum atomic E-state index is 0.347. The Hall–Kier alpha value is -0.0800. The van der Waals surface area contributed by atoms with Crippen LogP contribution in [0.4, 0.5) is 0 Å². The Morgan fingerprint density at radius 3 is 2.38 bits per heavy atom. The average Bonchev–Trinajstić information content (AvgIpc) is 2.44. The van der Waals surface area contributed by atoms with Gasteiger partial charge in [-0.3, -0.25) is 0 Å². The molecule has 0 aromatic rings. The zero-order valence-corrected chi connectivity index (χ0v) is 11.8. The molecule has 2 atom stereocenters. The Bertz CT molecular complexity index is 211. The summed E-state index contributed by atoms with van der Waals surface area (Å²) in [5.74, 6) is 0.698. The van der Waals surface area contributed by atoms with Crippen LogP contribution in [0.15, 0.2) is 0 Å². The molecular weight excluding hydrogens is 196 g/mol. The summed E-state index contributed by atoms with van der Waals surface area (Å²) in [5, 5.41) is 0. The van der Waals surface area contributed by atoms with Gasteiger partial charge in [-0.1, -0.05) is 20.8 Å². The smallest absolute Gasteiger partial charge is 0.0131 e. The van der Waals surface area contributed by atoms with Crippen molar-refractivity contribution in [2.24, 2.45) is 17.1 Å². The Labute approximate surface area is 102 Å². The van der Waals surface area contributed by atoms with Gasteiger partial charge in [-0.15, -0.1) is 0 Å². The zero-order chi connectivity index (χ0) is 12.3. The second kappa shape index (κ2) is 5.50. The molecule has 1 saturated carbocycles. The van der Waals surface area contributed by atoms with Crippen LogP contribution in [0.5, 0.6) is 0 Å². The molecule has 2 N–H and O–H groups in total. The second-order valence-corrected chi connectivity index (χ2v) is 6.40. The fourth-order valence-electron chi connectivity index (χ4n) is 2.90. The van der Waals surface area contributed by atoms with E-state index in [2.05, 4.69) is 39.5 Å². The molecule has 0 saturated heterocycles. The molecule has 2 heteroatoms. The molecule has 1 rings (SSSR count). The molecular formula is C14H30N2. The fourth-order valence-corrected chi connectivity index (χ4v) is 2.90. The highest BCUT2D eigenvalue weighted by Crippen LogP contribution is 2.40. The van der Waals surface area contributed by atoms with Gasteiger partial charge in [0, 0.05) is 18.6 Å². The van der Waals surface area contributed by atoms with Crippen molar-refractivity contribution in [1.29, 1.82) is 0 Å². The van der Waals surface area contributed by atoms with Crippen LogP contribution in [0, 0.1) is 11.3 Å². The largest absolute Gasteiger partial charge is 0.327 e. The molecule has 0 spiro atoms. The first-order valence-corrected chi connectivity index (χ1v) is 6.88. The van der Waals surface area contributed by atoms with Gasteiger partial charge in [0.15, 0.2) is 0 Å². The topological polar surface area (TPSA) is 29.3 Å².